The highest BCUT2D eigenvalue weighted by atomic mass is 35.5. The summed E-state index contributed by atoms with van der Waals surface area (Å²) in [6.45, 7) is 3.00. The van der Waals surface area contributed by atoms with Crippen LogP contribution in [0.5, 0.6) is 0 Å². The van der Waals surface area contributed by atoms with E-state index < -0.39 is 0 Å². The Kier molecular flexibility index (Phi) is 4.87. The molecule has 108 valence electrons. The highest BCUT2D eigenvalue weighted by molar-refractivity contribution is 6.31. The summed E-state index contributed by atoms with van der Waals surface area (Å²) in [7, 11) is 3.76. The minimum atomic E-state index is -0.161. The summed E-state index contributed by atoms with van der Waals surface area (Å²) < 4.78 is 7.83. The first-order chi connectivity index (χ1) is 9.14. The molecule has 1 N–H and O–H groups in total. The molecule has 1 aliphatic rings. The van der Waals surface area contributed by atoms with Crippen LogP contribution < -0.4 is 5.32 Å². The zero-order valence-corrected chi connectivity index (χ0v) is 12.8. The van der Waals surface area contributed by atoms with Crippen LogP contribution in [0.4, 0.5) is 0 Å². The van der Waals surface area contributed by atoms with Crippen molar-refractivity contribution in [3.05, 3.63) is 16.9 Å². The van der Waals surface area contributed by atoms with E-state index in [1.54, 1.807) is 6.20 Å². The van der Waals surface area contributed by atoms with Gasteiger partial charge in [0.1, 0.15) is 0 Å². The van der Waals surface area contributed by atoms with Crippen LogP contribution in [-0.4, -0.2) is 29.0 Å². The van der Waals surface area contributed by atoms with Crippen LogP contribution in [0.2, 0.25) is 5.02 Å². The van der Waals surface area contributed by atoms with Gasteiger partial charge in [0.2, 0.25) is 0 Å². The molecule has 19 heavy (non-hydrogen) atoms. The van der Waals surface area contributed by atoms with Crippen molar-refractivity contribution in [3.8, 4) is 0 Å². The maximum Gasteiger partial charge on any atom is 0.0888 e. The molecule has 0 aliphatic heterocycles. The Balaban J connectivity index is 2.38. The van der Waals surface area contributed by atoms with Crippen molar-refractivity contribution < 1.29 is 4.74 Å². The van der Waals surface area contributed by atoms with Crippen LogP contribution in [0.3, 0.4) is 0 Å². The van der Waals surface area contributed by atoms with Crippen LogP contribution in [0, 0.1) is 0 Å². The van der Waals surface area contributed by atoms with E-state index in [1.807, 2.05) is 18.8 Å². The van der Waals surface area contributed by atoms with E-state index in [2.05, 4.69) is 17.3 Å². The fourth-order valence-electron chi connectivity index (χ4n) is 3.24. The van der Waals surface area contributed by atoms with Gasteiger partial charge in [-0.25, -0.2) is 0 Å². The van der Waals surface area contributed by atoms with Crippen molar-refractivity contribution in [1.82, 2.24) is 15.1 Å². The average molecular weight is 286 g/mol. The summed E-state index contributed by atoms with van der Waals surface area (Å²) >= 11 is 6.33. The molecule has 0 aromatic carbocycles. The van der Waals surface area contributed by atoms with E-state index in [9.17, 15) is 0 Å². The average Bonchev–Trinajstić information content (AvgIpc) is 2.76. The highest BCUT2D eigenvalue weighted by Gasteiger charge is 2.42. The van der Waals surface area contributed by atoms with E-state index in [0.29, 0.717) is 0 Å². The first kappa shape index (κ1) is 14.8. The minimum Gasteiger partial charge on any atom is -0.376 e. The second kappa shape index (κ2) is 6.25. The summed E-state index contributed by atoms with van der Waals surface area (Å²) in [4.78, 5) is 0. The smallest absolute Gasteiger partial charge is 0.0888 e. The van der Waals surface area contributed by atoms with E-state index in [1.165, 1.54) is 19.3 Å². The van der Waals surface area contributed by atoms with Crippen LogP contribution in [0.25, 0.3) is 0 Å². The Morgan fingerprint density at radius 3 is 2.63 bits per heavy atom. The molecule has 1 fully saturated rings. The fraction of sp³-hybridized carbons (Fsp3) is 0.786. The van der Waals surface area contributed by atoms with Gasteiger partial charge in [-0.2, -0.15) is 5.10 Å². The molecule has 4 nitrogen and oxygen atoms in total. The second-order valence-electron chi connectivity index (χ2n) is 5.32. The molecular weight excluding hydrogens is 262 g/mol. The molecule has 0 bridgehead atoms. The molecule has 1 aliphatic carbocycles. The lowest BCUT2D eigenvalue weighted by molar-refractivity contribution is -0.0701. The maximum absolute atomic E-state index is 6.33. The molecule has 1 unspecified atom stereocenters. The lowest BCUT2D eigenvalue weighted by Crippen LogP contribution is -2.47. The molecular formula is C14H24ClN3O. The number of hydrogen-bond donors (Lipinski definition) is 1. The first-order valence-electron chi connectivity index (χ1n) is 7.10. The molecule has 0 saturated heterocycles. The standard InChI is InChI=1S/C14H24ClN3O/c1-4-16-13(12-11(15)10-17-18(12)2)14(19-3)8-6-5-7-9-14/h10,13,16H,4-9H2,1-3H3. The molecule has 0 amide bonds. The molecule has 1 aromatic heterocycles. The third-order valence-electron chi connectivity index (χ3n) is 4.25. The van der Waals surface area contributed by atoms with Crippen LogP contribution in [-0.2, 0) is 11.8 Å². The van der Waals surface area contributed by atoms with E-state index in [4.69, 9.17) is 16.3 Å². The van der Waals surface area contributed by atoms with Crippen LogP contribution in [0.1, 0.15) is 50.8 Å². The van der Waals surface area contributed by atoms with Gasteiger partial charge in [-0.05, 0) is 19.4 Å². The third-order valence-corrected chi connectivity index (χ3v) is 4.54. The summed E-state index contributed by atoms with van der Waals surface area (Å²) in [6, 6.07) is 0.0998. The van der Waals surface area contributed by atoms with Gasteiger partial charge in [0.15, 0.2) is 0 Å². The van der Waals surface area contributed by atoms with Gasteiger partial charge in [-0.1, -0.05) is 37.8 Å². The predicted molar refractivity (Wildman–Crippen MR) is 77.5 cm³/mol. The second-order valence-corrected chi connectivity index (χ2v) is 5.73. The number of halogens is 1. The van der Waals surface area contributed by atoms with Gasteiger partial charge >= 0.3 is 0 Å². The van der Waals surface area contributed by atoms with E-state index in [0.717, 1.165) is 30.1 Å². The van der Waals surface area contributed by atoms with Gasteiger partial charge in [-0.3, -0.25) is 4.68 Å². The van der Waals surface area contributed by atoms with Gasteiger partial charge in [0.05, 0.1) is 28.6 Å². The number of aryl methyl sites for hydroxylation is 1. The number of nitrogens with one attached hydrogen (secondary N) is 1. The minimum absolute atomic E-state index is 0.0998. The number of hydrogen-bond acceptors (Lipinski definition) is 3. The molecule has 5 heteroatoms. The van der Waals surface area contributed by atoms with Crippen LogP contribution >= 0.6 is 11.6 Å². The zero-order valence-electron chi connectivity index (χ0n) is 12.1. The monoisotopic (exact) mass is 285 g/mol. The molecule has 0 spiro atoms. The van der Waals surface area contributed by atoms with Crippen molar-refractivity contribution >= 4 is 11.6 Å². The Labute approximate surface area is 120 Å². The number of methoxy groups -OCH3 is 1. The largest absolute Gasteiger partial charge is 0.376 e. The Morgan fingerprint density at radius 1 is 1.47 bits per heavy atom. The van der Waals surface area contributed by atoms with E-state index in [-0.39, 0.29) is 11.6 Å². The van der Waals surface area contributed by atoms with Crippen molar-refractivity contribution in [3.63, 3.8) is 0 Å². The number of ether oxygens (including phenoxy) is 1. The summed E-state index contributed by atoms with van der Waals surface area (Å²) in [5, 5.41) is 8.54. The number of aromatic nitrogens is 2. The van der Waals surface area contributed by atoms with Crippen molar-refractivity contribution in [2.24, 2.45) is 7.05 Å². The van der Waals surface area contributed by atoms with Crippen molar-refractivity contribution in [2.45, 2.75) is 50.7 Å². The van der Waals surface area contributed by atoms with Crippen molar-refractivity contribution in [2.75, 3.05) is 13.7 Å². The molecule has 2 rings (SSSR count). The SMILES string of the molecule is CCNC(c1c(Cl)cnn1C)C1(OC)CCCCC1. The Morgan fingerprint density at radius 2 is 2.16 bits per heavy atom. The zero-order chi connectivity index (χ0) is 13.9. The lowest BCUT2D eigenvalue weighted by atomic mass is 9.78. The maximum atomic E-state index is 6.33. The van der Waals surface area contributed by atoms with E-state index >= 15 is 0 Å². The lowest BCUT2D eigenvalue weighted by Gasteiger charge is -2.43. The molecule has 1 heterocycles. The highest BCUT2D eigenvalue weighted by Crippen LogP contribution is 2.42. The fourth-order valence-corrected chi connectivity index (χ4v) is 3.52. The number of likely N-dealkylation sites (N-methyl/N-ethyl adjacent to an activating group) is 1. The van der Waals surface area contributed by atoms with Gasteiger partial charge in [0.25, 0.3) is 0 Å². The molecule has 1 saturated carbocycles. The first-order valence-corrected chi connectivity index (χ1v) is 7.48. The Bertz CT molecular complexity index is 393. The third kappa shape index (κ3) is 2.81. The Hall–Kier alpha value is -0.580. The summed E-state index contributed by atoms with van der Waals surface area (Å²) in [5.74, 6) is 0. The van der Waals surface area contributed by atoms with Crippen molar-refractivity contribution in [1.29, 1.82) is 0 Å². The quantitative estimate of drug-likeness (QED) is 0.904. The van der Waals surface area contributed by atoms with Gasteiger partial charge < -0.3 is 10.1 Å². The normalized spacial score (nSPS) is 20.4. The predicted octanol–water partition coefficient (Wildman–Crippen LogP) is 3.07. The van der Waals surface area contributed by atoms with Gasteiger partial charge in [0, 0.05) is 14.2 Å². The molecule has 1 atom stereocenters. The number of rotatable bonds is 5. The van der Waals surface area contributed by atoms with Crippen LogP contribution in [0.15, 0.2) is 6.20 Å². The molecule has 0 radical (unpaired) electrons. The summed E-state index contributed by atoms with van der Waals surface area (Å²) in [5.41, 5.74) is 0.873. The topological polar surface area (TPSA) is 39.1 Å². The number of nitrogens with zero attached hydrogens (tertiary/aromatic N) is 2. The molecule has 1 aromatic rings. The van der Waals surface area contributed by atoms with Gasteiger partial charge in [-0.15, -0.1) is 0 Å². The summed E-state index contributed by atoms with van der Waals surface area (Å²) in [6.07, 6.45) is 7.58.